The van der Waals surface area contributed by atoms with Gasteiger partial charge in [-0.1, -0.05) is 29.3 Å². The summed E-state index contributed by atoms with van der Waals surface area (Å²) in [6, 6.07) is 5.65. The van der Waals surface area contributed by atoms with E-state index in [0.29, 0.717) is 12.1 Å². The van der Waals surface area contributed by atoms with Gasteiger partial charge < -0.3 is 9.84 Å². The maximum atomic E-state index is 13.7. The molecule has 3 nitrogen and oxygen atoms in total. The third-order valence-corrected chi connectivity index (χ3v) is 3.17. The first-order chi connectivity index (χ1) is 9.40. The van der Waals surface area contributed by atoms with Crippen LogP contribution in [0.25, 0.3) is 0 Å². The van der Waals surface area contributed by atoms with Gasteiger partial charge in [0.1, 0.15) is 10.8 Å². The summed E-state index contributed by atoms with van der Waals surface area (Å²) in [5, 5.41) is 8.84. The number of halogens is 4. The van der Waals surface area contributed by atoms with Crippen molar-refractivity contribution >= 4 is 29.2 Å². The molecule has 0 atom stereocenters. The molecule has 2 rings (SSSR count). The van der Waals surface area contributed by atoms with Gasteiger partial charge in [-0.05, 0) is 24.3 Å². The van der Waals surface area contributed by atoms with E-state index < -0.39 is 28.9 Å². The Morgan fingerprint density at radius 2 is 1.75 bits per heavy atom. The zero-order valence-electron chi connectivity index (χ0n) is 9.66. The third kappa shape index (κ3) is 2.84. The number of carboxylic acid groups (broad SMARTS) is 1. The molecule has 0 heterocycles. The number of benzene rings is 2. The second-order valence-electron chi connectivity index (χ2n) is 3.73. The predicted molar refractivity (Wildman–Crippen MR) is 69.9 cm³/mol. The first-order valence-electron chi connectivity index (χ1n) is 5.24. The summed E-state index contributed by atoms with van der Waals surface area (Å²) in [6.45, 7) is 0. The second-order valence-corrected chi connectivity index (χ2v) is 4.51. The minimum Gasteiger partial charge on any atom is -0.478 e. The molecule has 0 radical (unpaired) electrons. The van der Waals surface area contributed by atoms with Crippen molar-refractivity contribution < 1.29 is 23.4 Å². The van der Waals surface area contributed by atoms with Crippen LogP contribution in [0.3, 0.4) is 0 Å². The Morgan fingerprint density at radius 1 is 1.15 bits per heavy atom. The summed E-state index contributed by atoms with van der Waals surface area (Å²) < 4.78 is 32.4. The van der Waals surface area contributed by atoms with Crippen LogP contribution in [0, 0.1) is 11.6 Å². The van der Waals surface area contributed by atoms with Gasteiger partial charge in [-0.25, -0.2) is 13.6 Å². The van der Waals surface area contributed by atoms with Crippen molar-refractivity contribution in [1.82, 2.24) is 0 Å². The van der Waals surface area contributed by atoms with Crippen LogP contribution in [-0.4, -0.2) is 11.1 Å². The van der Waals surface area contributed by atoms with Crippen molar-refractivity contribution in [3.05, 3.63) is 57.6 Å². The van der Waals surface area contributed by atoms with Gasteiger partial charge in [-0.3, -0.25) is 0 Å². The highest BCUT2D eigenvalue weighted by atomic mass is 35.5. The Kier molecular flexibility index (Phi) is 4.11. The lowest BCUT2D eigenvalue weighted by atomic mass is 10.2. The topological polar surface area (TPSA) is 46.5 Å². The average Bonchev–Trinajstić information content (AvgIpc) is 2.38. The lowest BCUT2D eigenvalue weighted by Gasteiger charge is -2.10. The van der Waals surface area contributed by atoms with E-state index in [0.717, 1.165) is 0 Å². The van der Waals surface area contributed by atoms with Crippen molar-refractivity contribution in [2.45, 2.75) is 0 Å². The van der Waals surface area contributed by atoms with Crippen LogP contribution in [0.15, 0.2) is 30.3 Å². The molecule has 0 spiro atoms. The number of rotatable bonds is 3. The molecule has 7 heteroatoms. The lowest BCUT2D eigenvalue weighted by Crippen LogP contribution is -2.01. The van der Waals surface area contributed by atoms with Gasteiger partial charge in [0.2, 0.25) is 0 Å². The fourth-order valence-electron chi connectivity index (χ4n) is 1.45. The van der Waals surface area contributed by atoms with Crippen LogP contribution < -0.4 is 4.74 Å². The second kappa shape index (κ2) is 5.64. The SMILES string of the molecule is O=C(O)c1cc(F)c(Oc2cccc(Cl)c2Cl)c(F)c1. The number of carboxylic acids is 1. The van der Waals surface area contributed by atoms with Gasteiger partial charge in [0.05, 0.1) is 10.6 Å². The molecule has 0 fully saturated rings. The summed E-state index contributed by atoms with van der Waals surface area (Å²) in [4.78, 5) is 10.7. The molecule has 0 amide bonds. The van der Waals surface area contributed by atoms with Crippen LogP contribution in [0.1, 0.15) is 10.4 Å². The van der Waals surface area contributed by atoms with E-state index in [2.05, 4.69) is 0 Å². The van der Waals surface area contributed by atoms with E-state index in [1.54, 1.807) is 0 Å². The molecular weight excluding hydrogens is 313 g/mol. The fraction of sp³-hybridized carbons (Fsp3) is 0. The molecule has 0 unspecified atom stereocenters. The summed E-state index contributed by atoms with van der Waals surface area (Å²) in [5.41, 5.74) is -0.524. The van der Waals surface area contributed by atoms with E-state index in [4.69, 9.17) is 33.0 Å². The molecule has 0 aliphatic carbocycles. The Bertz CT molecular complexity index is 666. The van der Waals surface area contributed by atoms with Gasteiger partial charge in [0.15, 0.2) is 17.4 Å². The van der Waals surface area contributed by atoms with E-state index in [-0.39, 0.29) is 15.8 Å². The zero-order chi connectivity index (χ0) is 14.9. The molecule has 1 N–H and O–H groups in total. The Hall–Kier alpha value is -1.85. The van der Waals surface area contributed by atoms with Crippen LogP contribution in [0.4, 0.5) is 8.78 Å². The summed E-state index contributed by atoms with van der Waals surface area (Å²) in [5.74, 6) is -4.55. The number of aromatic carboxylic acids is 1. The van der Waals surface area contributed by atoms with E-state index in [1.807, 2.05) is 0 Å². The number of hydrogen-bond acceptors (Lipinski definition) is 2. The van der Waals surface area contributed by atoms with Crippen LogP contribution in [0.5, 0.6) is 11.5 Å². The number of ether oxygens (including phenoxy) is 1. The van der Waals surface area contributed by atoms with Crippen molar-refractivity contribution in [2.75, 3.05) is 0 Å². The van der Waals surface area contributed by atoms with Crippen LogP contribution >= 0.6 is 23.2 Å². The average molecular weight is 319 g/mol. The molecule has 0 aliphatic rings. The molecule has 104 valence electrons. The summed E-state index contributed by atoms with van der Waals surface area (Å²) >= 11 is 11.6. The summed E-state index contributed by atoms with van der Waals surface area (Å²) in [7, 11) is 0. The molecular formula is C13H6Cl2F2O3. The number of hydrogen-bond donors (Lipinski definition) is 1. The van der Waals surface area contributed by atoms with E-state index >= 15 is 0 Å². The van der Waals surface area contributed by atoms with Gasteiger partial charge in [-0.15, -0.1) is 0 Å². The van der Waals surface area contributed by atoms with Crippen molar-refractivity contribution in [3.8, 4) is 11.5 Å². The maximum absolute atomic E-state index is 13.7. The molecule has 2 aromatic carbocycles. The first kappa shape index (κ1) is 14.6. The van der Waals surface area contributed by atoms with Crippen molar-refractivity contribution in [1.29, 1.82) is 0 Å². The van der Waals surface area contributed by atoms with E-state index in [1.165, 1.54) is 18.2 Å². The smallest absolute Gasteiger partial charge is 0.335 e. The molecule has 20 heavy (non-hydrogen) atoms. The van der Waals surface area contributed by atoms with Gasteiger partial charge >= 0.3 is 5.97 Å². The maximum Gasteiger partial charge on any atom is 0.335 e. The molecule has 0 saturated heterocycles. The highest BCUT2D eigenvalue weighted by Crippen LogP contribution is 2.36. The molecule has 0 aromatic heterocycles. The molecule has 0 aliphatic heterocycles. The van der Waals surface area contributed by atoms with Crippen LogP contribution in [-0.2, 0) is 0 Å². The van der Waals surface area contributed by atoms with Gasteiger partial charge in [0.25, 0.3) is 0 Å². The van der Waals surface area contributed by atoms with Crippen molar-refractivity contribution in [2.24, 2.45) is 0 Å². The highest BCUT2D eigenvalue weighted by Gasteiger charge is 2.18. The standard InChI is InChI=1S/C13H6Cl2F2O3/c14-7-2-1-3-10(11(7)15)20-12-8(16)4-6(13(18)19)5-9(12)17/h1-5H,(H,18,19). The monoisotopic (exact) mass is 318 g/mol. The fourth-order valence-corrected chi connectivity index (χ4v) is 1.78. The lowest BCUT2D eigenvalue weighted by molar-refractivity contribution is 0.0695. The minimum absolute atomic E-state index is 0.00437. The van der Waals surface area contributed by atoms with Crippen molar-refractivity contribution in [3.63, 3.8) is 0 Å². The number of carbonyl (C=O) groups is 1. The normalized spacial score (nSPS) is 10.4. The Labute approximate surface area is 122 Å². The first-order valence-corrected chi connectivity index (χ1v) is 6.00. The third-order valence-electron chi connectivity index (χ3n) is 2.37. The highest BCUT2D eigenvalue weighted by molar-refractivity contribution is 6.42. The quantitative estimate of drug-likeness (QED) is 0.887. The van der Waals surface area contributed by atoms with Crippen LogP contribution in [0.2, 0.25) is 10.0 Å². The minimum atomic E-state index is -1.45. The summed E-state index contributed by atoms with van der Waals surface area (Å²) in [6.07, 6.45) is 0. The predicted octanol–water partition coefficient (Wildman–Crippen LogP) is 4.76. The Morgan fingerprint density at radius 3 is 2.30 bits per heavy atom. The van der Waals surface area contributed by atoms with Gasteiger partial charge in [-0.2, -0.15) is 0 Å². The zero-order valence-corrected chi connectivity index (χ0v) is 11.2. The molecule has 0 bridgehead atoms. The van der Waals surface area contributed by atoms with E-state index in [9.17, 15) is 13.6 Å². The molecule has 2 aromatic rings. The van der Waals surface area contributed by atoms with Gasteiger partial charge in [0, 0.05) is 0 Å². The Balaban J connectivity index is 2.44. The molecule has 0 saturated carbocycles. The largest absolute Gasteiger partial charge is 0.478 e.